The molecule has 7 nitrogen and oxygen atoms in total. The first-order valence-electron chi connectivity index (χ1n) is 8.70. The minimum atomic E-state index is -1.28. The first-order valence-corrected chi connectivity index (χ1v) is 9.08. The average molecular weight is 398 g/mol. The number of ketones is 1. The summed E-state index contributed by atoms with van der Waals surface area (Å²) in [6.07, 6.45) is -0.422. The van der Waals surface area contributed by atoms with E-state index in [0.717, 1.165) is 0 Å². The molecule has 1 unspecified atom stereocenters. The number of nitrogens with one attached hydrogen (secondary N) is 1. The number of Topliss-reactive ketones (excluding diaryl/α,β-unsaturated/α-hetero) is 1. The predicted octanol–water partition coefficient (Wildman–Crippen LogP) is 3.06. The number of amides is 1. The lowest BCUT2D eigenvalue weighted by atomic mass is 9.96. The number of rotatable bonds is 10. The zero-order valence-corrected chi connectivity index (χ0v) is 16.5. The van der Waals surface area contributed by atoms with Gasteiger partial charge in [0.05, 0.1) is 6.04 Å². The monoisotopic (exact) mass is 397 g/mol. The van der Waals surface area contributed by atoms with E-state index in [4.69, 9.17) is 26.8 Å². The summed E-state index contributed by atoms with van der Waals surface area (Å²) in [6.45, 7) is 6.90. The van der Waals surface area contributed by atoms with Gasteiger partial charge in [0.15, 0.2) is 11.9 Å². The number of carbonyl (C=O) groups excluding carboxylic acids is 3. The first kappa shape index (κ1) is 22.9. The molecule has 2 atom stereocenters. The van der Waals surface area contributed by atoms with Crippen LogP contribution in [0.3, 0.4) is 0 Å². The van der Waals surface area contributed by atoms with Crippen LogP contribution in [-0.2, 0) is 19.1 Å². The van der Waals surface area contributed by atoms with Crippen LogP contribution >= 0.6 is 11.6 Å². The number of halogens is 1. The highest BCUT2D eigenvalue weighted by atomic mass is 35.5. The van der Waals surface area contributed by atoms with Crippen molar-refractivity contribution in [2.75, 3.05) is 6.54 Å². The topological polar surface area (TPSA) is 108 Å². The molecule has 0 saturated heterocycles. The summed E-state index contributed by atoms with van der Waals surface area (Å²) < 4.78 is 10.1. The number of benzene rings is 1. The standard InChI is InChI=1S/C19H26ClN2O5/c1-19(2,3)27-18(25)22-15(10-6-7-11-21)16(24)17(26-12-23)13-8-4-5-9-14(13)20/h4-5,8-9,15,17H,6-7,10-11,21H2,1-3H3,(H,22,25)/t15-,17?/m0/s1. The second kappa shape index (κ2) is 10.9. The van der Waals surface area contributed by atoms with Crippen molar-refractivity contribution >= 4 is 29.9 Å². The molecule has 1 rings (SSSR count). The molecule has 27 heavy (non-hydrogen) atoms. The molecule has 1 radical (unpaired) electrons. The molecule has 8 heteroatoms. The molecule has 0 heterocycles. The molecule has 1 amide bonds. The van der Waals surface area contributed by atoms with Crippen molar-refractivity contribution in [3.8, 4) is 0 Å². The molecule has 1 aromatic rings. The van der Waals surface area contributed by atoms with E-state index >= 15 is 0 Å². The highest BCUT2D eigenvalue weighted by Gasteiger charge is 2.33. The van der Waals surface area contributed by atoms with Crippen molar-refractivity contribution in [1.29, 1.82) is 0 Å². The average Bonchev–Trinajstić information content (AvgIpc) is 2.57. The fourth-order valence-electron chi connectivity index (χ4n) is 2.42. The van der Waals surface area contributed by atoms with Crippen molar-refractivity contribution in [3.05, 3.63) is 34.9 Å². The molecule has 0 aliphatic rings. The molecule has 0 fully saturated rings. The lowest BCUT2D eigenvalue weighted by Crippen LogP contribution is -2.45. The third-order valence-electron chi connectivity index (χ3n) is 3.59. The van der Waals surface area contributed by atoms with E-state index in [0.29, 0.717) is 31.4 Å². The fraction of sp³-hybridized carbons (Fsp3) is 0.526. The molecule has 0 aromatic heterocycles. The van der Waals surface area contributed by atoms with Gasteiger partial charge in [0.1, 0.15) is 5.60 Å². The SMILES string of the molecule is CC(C)(C)OC(=O)N[C@@H](CCCCN)C(=O)C(O[C]=O)c1ccccc1Cl. The van der Waals surface area contributed by atoms with Gasteiger partial charge in [-0.15, -0.1) is 0 Å². The Bertz CT molecular complexity index is 645. The van der Waals surface area contributed by atoms with Crippen molar-refractivity contribution in [3.63, 3.8) is 0 Å². The zero-order valence-electron chi connectivity index (χ0n) is 15.8. The molecule has 3 N–H and O–H groups in total. The first-order chi connectivity index (χ1) is 12.7. The van der Waals surface area contributed by atoms with Gasteiger partial charge in [-0.2, -0.15) is 0 Å². The predicted molar refractivity (Wildman–Crippen MR) is 102 cm³/mol. The Hall–Kier alpha value is -2.12. The second-order valence-electron chi connectivity index (χ2n) is 6.99. The lowest BCUT2D eigenvalue weighted by molar-refractivity contribution is -0.129. The summed E-state index contributed by atoms with van der Waals surface area (Å²) in [6, 6.07) is 5.58. The van der Waals surface area contributed by atoms with E-state index in [2.05, 4.69) is 5.32 Å². The number of carbonyl (C=O) groups is 2. The Morgan fingerprint density at radius 3 is 2.48 bits per heavy atom. The second-order valence-corrected chi connectivity index (χ2v) is 7.40. The number of nitrogens with two attached hydrogens (primary N) is 1. The summed E-state index contributed by atoms with van der Waals surface area (Å²) in [7, 11) is 0. The maximum atomic E-state index is 13.0. The van der Waals surface area contributed by atoms with Gasteiger partial charge in [0.2, 0.25) is 0 Å². The lowest BCUT2D eigenvalue weighted by Gasteiger charge is -2.25. The maximum absolute atomic E-state index is 13.0. The van der Waals surface area contributed by atoms with Crippen molar-refractivity contribution in [2.45, 2.75) is 57.8 Å². The van der Waals surface area contributed by atoms with Crippen LogP contribution in [-0.4, -0.2) is 36.5 Å². The number of hydrogen-bond donors (Lipinski definition) is 2. The van der Waals surface area contributed by atoms with E-state index in [1.165, 1.54) is 6.47 Å². The number of ether oxygens (including phenoxy) is 2. The number of hydrogen-bond acceptors (Lipinski definition) is 6. The Balaban J connectivity index is 3.05. The van der Waals surface area contributed by atoms with Crippen molar-refractivity contribution in [1.82, 2.24) is 5.32 Å². The molecule has 0 spiro atoms. The highest BCUT2D eigenvalue weighted by Crippen LogP contribution is 2.27. The Morgan fingerprint density at radius 1 is 1.26 bits per heavy atom. The third-order valence-corrected chi connectivity index (χ3v) is 3.94. The smallest absolute Gasteiger partial charge is 0.418 e. The van der Waals surface area contributed by atoms with Crippen LogP contribution in [0.5, 0.6) is 0 Å². The van der Waals surface area contributed by atoms with Gasteiger partial charge in [-0.1, -0.05) is 29.8 Å². The Morgan fingerprint density at radius 2 is 1.93 bits per heavy atom. The van der Waals surface area contributed by atoms with Crippen LogP contribution in [0.1, 0.15) is 51.7 Å². The van der Waals surface area contributed by atoms with E-state index in [1.807, 2.05) is 0 Å². The van der Waals surface area contributed by atoms with Crippen LogP contribution in [0, 0.1) is 0 Å². The zero-order chi connectivity index (χ0) is 20.4. The minimum Gasteiger partial charge on any atom is -0.444 e. The fourth-order valence-corrected chi connectivity index (χ4v) is 2.66. The van der Waals surface area contributed by atoms with Crippen LogP contribution in [0.2, 0.25) is 5.02 Å². The van der Waals surface area contributed by atoms with Gasteiger partial charge in [0, 0.05) is 10.6 Å². The summed E-state index contributed by atoms with van der Waals surface area (Å²) in [5, 5.41) is 2.82. The summed E-state index contributed by atoms with van der Waals surface area (Å²) in [4.78, 5) is 36.0. The van der Waals surface area contributed by atoms with Crippen LogP contribution < -0.4 is 11.1 Å². The molecular weight excluding hydrogens is 372 g/mol. The minimum absolute atomic E-state index is 0.268. The summed E-state index contributed by atoms with van der Waals surface area (Å²) in [5.41, 5.74) is 5.11. The maximum Gasteiger partial charge on any atom is 0.418 e. The Labute approximate surface area is 164 Å². The van der Waals surface area contributed by atoms with Crippen LogP contribution in [0.25, 0.3) is 0 Å². The molecule has 0 aliphatic carbocycles. The molecular formula is C19H26ClN2O5. The van der Waals surface area contributed by atoms with Gasteiger partial charge in [0.25, 0.3) is 0 Å². The molecule has 1 aromatic carbocycles. The van der Waals surface area contributed by atoms with Gasteiger partial charge in [-0.25, -0.2) is 9.59 Å². The molecule has 149 valence electrons. The van der Waals surface area contributed by atoms with Gasteiger partial charge in [-0.05, 0) is 52.6 Å². The van der Waals surface area contributed by atoms with Gasteiger partial charge in [-0.3, -0.25) is 4.79 Å². The van der Waals surface area contributed by atoms with E-state index < -0.39 is 29.6 Å². The van der Waals surface area contributed by atoms with Crippen molar-refractivity contribution in [2.24, 2.45) is 5.73 Å². The molecule has 0 bridgehead atoms. The van der Waals surface area contributed by atoms with Gasteiger partial charge >= 0.3 is 12.6 Å². The Kier molecular flexibility index (Phi) is 9.25. The van der Waals surface area contributed by atoms with Gasteiger partial charge < -0.3 is 20.5 Å². The number of alkyl carbamates (subject to hydrolysis) is 1. The van der Waals surface area contributed by atoms with E-state index in [9.17, 15) is 14.4 Å². The largest absolute Gasteiger partial charge is 0.444 e. The van der Waals surface area contributed by atoms with Crippen LogP contribution in [0.4, 0.5) is 4.79 Å². The third kappa shape index (κ3) is 7.97. The van der Waals surface area contributed by atoms with Crippen LogP contribution in [0.15, 0.2) is 24.3 Å². The van der Waals surface area contributed by atoms with E-state index in [1.54, 1.807) is 45.0 Å². The highest BCUT2D eigenvalue weighted by molar-refractivity contribution is 6.31. The summed E-state index contributed by atoms with van der Waals surface area (Å²) >= 11 is 6.13. The quantitative estimate of drug-likeness (QED) is 0.587. The van der Waals surface area contributed by atoms with E-state index in [-0.39, 0.29) is 5.02 Å². The van der Waals surface area contributed by atoms with Crippen molar-refractivity contribution < 1.29 is 23.9 Å². The molecule has 0 saturated carbocycles. The molecule has 0 aliphatic heterocycles. The normalized spacial score (nSPS) is 13.4. The number of unbranched alkanes of at least 4 members (excludes halogenated alkanes) is 1. The summed E-state index contributed by atoms with van der Waals surface area (Å²) in [5.74, 6) is -0.519.